The highest BCUT2D eigenvalue weighted by molar-refractivity contribution is 7.09. The first-order valence-electron chi connectivity index (χ1n) is 7.45. The molecule has 0 radical (unpaired) electrons. The van der Waals surface area contributed by atoms with E-state index in [4.69, 9.17) is 4.98 Å². The molecule has 2 aromatic rings. The van der Waals surface area contributed by atoms with Crippen molar-refractivity contribution in [2.75, 3.05) is 13.1 Å². The van der Waals surface area contributed by atoms with Crippen LogP contribution in [0.15, 0.2) is 23.6 Å². The minimum atomic E-state index is 0.765. The highest BCUT2D eigenvalue weighted by atomic mass is 32.1. The number of piperidine rings is 1. The van der Waals surface area contributed by atoms with Crippen LogP contribution in [0.3, 0.4) is 0 Å². The van der Waals surface area contributed by atoms with Crippen LogP contribution in [0.5, 0.6) is 0 Å². The second-order valence-electron chi connectivity index (χ2n) is 5.86. The molecule has 1 atom stereocenters. The quantitative estimate of drug-likeness (QED) is 0.923. The fourth-order valence-corrected chi connectivity index (χ4v) is 3.80. The summed E-state index contributed by atoms with van der Waals surface area (Å²) in [7, 11) is 0. The number of benzene rings is 1. The summed E-state index contributed by atoms with van der Waals surface area (Å²) in [5.74, 6) is 0.765. The first-order valence-corrected chi connectivity index (χ1v) is 8.33. The van der Waals surface area contributed by atoms with Crippen LogP contribution in [0.25, 0.3) is 11.3 Å². The number of thiazole rings is 1. The molecule has 106 valence electrons. The maximum atomic E-state index is 4.87. The number of aromatic nitrogens is 1. The molecule has 1 N–H and O–H groups in total. The van der Waals surface area contributed by atoms with Gasteiger partial charge < -0.3 is 5.32 Å². The van der Waals surface area contributed by atoms with Gasteiger partial charge in [-0.2, -0.15) is 0 Å². The lowest BCUT2D eigenvalue weighted by molar-refractivity contribution is 0.376. The van der Waals surface area contributed by atoms with E-state index in [1.165, 1.54) is 41.1 Å². The molecular formula is C17H22N2S. The summed E-state index contributed by atoms with van der Waals surface area (Å²) in [4.78, 5) is 4.87. The molecule has 1 unspecified atom stereocenters. The van der Waals surface area contributed by atoms with Crippen molar-refractivity contribution in [2.45, 2.75) is 33.1 Å². The summed E-state index contributed by atoms with van der Waals surface area (Å²) in [6.45, 7) is 6.64. The number of hydrogen-bond acceptors (Lipinski definition) is 3. The van der Waals surface area contributed by atoms with Crippen LogP contribution in [0.2, 0.25) is 0 Å². The van der Waals surface area contributed by atoms with E-state index in [2.05, 4.69) is 42.7 Å². The molecule has 0 saturated carbocycles. The smallest absolute Gasteiger partial charge is 0.0935 e. The van der Waals surface area contributed by atoms with Crippen LogP contribution in [-0.2, 0) is 6.42 Å². The number of hydrogen-bond donors (Lipinski definition) is 1. The van der Waals surface area contributed by atoms with Gasteiger partial charge in [-0.15, -0.1) is 11.3 Å². The van der Waals surface area contributed by atoms with E-state index >= 15 is 0 Å². The Labute approximate surface area is 125 Å². The Morgan fingerprint density at radius 1 is 1.35 bits per heavy atom. The number of nitrogens with zero attached hydrogens (tertiary/aromatic N) is 1. The van der Waals surface area contributed by atoms with Crippen molar-refractivity contribution in [3.05, 3.63) is 39.7 Å². The van der Waals surface area contributed by atoms with Gasteiger partial charge in [-0.05, 0) is 57.3 Å². The van der Waals surface area contributed by atoms with Gasteiger partial charge in [0.1, 0.15) is 0 Å². The number of rotatable bonds is 3. The van der Waals surface area contributed by atoms with Crippen molar-refractivity contribution in [2.24, 2.45) is 5.92 Å². The summed E-state index contributed by atoms with van der Waals surface area (Å²) in [6.07, 6.45) is 3.77. The second kappa shape index (κ2) is 6.06. The van der Waals surface area contributed by atoms with Crippen LogP contribution in [-0.4, -0.2) is 18.1 Å². The van der Waals surface area contributed by atoms with E-state index in [1.54, 1.807) is 0 Å². The van der Waals surface area contributed by atoms with Crippen molar-refractivity contribution < 1.29 is 0 Å². The second-order valence-corrected chi connectivity index (χ2v) is 6.80. The number of aryl methyl sites for hydroxylation is 2. The Bertz CT molecular complexity index is 582. The topological polar surface area (TPSA) is 24.9 Å². The van der Waals surface area contributed by atoms with Crippen LogP contribution in [0.4, 0.5) is 0 Å². The molecule has 20 heavy (non-hydrogen) atoms. The standard InChI is InChI=1S/C17H22N2S/c1-12-5-6-13(2)15(8-12)16-11-20-17(19-16)9-14-4-3-7-18-10-14/h5-6,8,11,14,18H,3-4,7,9-10H2,1-2H3. The molecule has 1 fully saturated rings. The molecule has 2 heterocycles. The van der Waals surface area contributed by atoms with E-state index in [9.17, 15) is 0 Å². The fraction of sp³-hybridized carbons (Fsp3) is 0.471. The van der Waals surface area contributed by atoms with Crippen molar-refractivity contribution in [3.63, 3.8) is 0 Å². The van der Waals surface area contributed by atoms with Gasteiger partial charge in [0.15, 0.2) is 0 Å². The van der Waals surface area contributed by atoms with E-state index < -0.39 is 0 Å². The molecular weight excluding hydrogens is 264 g/mol. The maximum absolute atomic E-state index is 4.87. The molecule has 0 aliphatic carbocycles. The van der Waals surface area contributed by atoms with Crippen molar-refractivity contribution in [1.29, 1.82) is 0 Å². The lowest BCUT2D eigenvalue weighted by Gasteiger charge is -2.21. The molecule has 1 aliphatic rings. The summed E-state index contributed by atoms with van der Waals surface area (Å²) in [5, 5.41) is 6.99. The predicted molar refractivity (Wildman–Crippen MR) is 86.3 cm³/mol. The van der Waals surface area contributed by atoms with E-state index in [1.807, 2.05) is 11.3 Å². The Kier molecular flexibility index (Phi) is 4.18. The van der Waals surface area contributed by atoms with Gasteiger partial charge >= 0.3 is 0 Å². The van der Waals surface area contributed by atoms with Crippen LogP contribution in [0.1, 0.15) is 29.0 Å². The first-order chi connectivity index (χ1) is 9.72. The Hall–Kier alpha value is -1.19. The van der Waals surface area contributed by atoms with E-state index in [0.29, 0.717) is 0 Å². The third-order valence-electron chi connectivity index (χ3n) is 4.08. The molecule has 3 rings (SSSR count). The zero-order valence-corrected chi connectivity index (χ0v) is 13.1. The SMILES string of the molecule is Cc1ccc(C)c(-c2csc(CC3CCCNC3)n2)c1. The van der Waals surface area contributed by atoms with E-state index in [-0.39, 0.29) is 0 Å². The molecule has 1 saturated heterocycles. The van der Waals surface area contributed by atoms with E-state index in [0.717, 1.165) is 24.6 Å². The fourth-order valence-electron chi connectivity index (χ4n) is 2.89. The summed E-state index contributed by atoms with van der Waals surface area (Å²) in [6, 6.07) is 6.60. The van der Waals surface area contributed by atoms with Crippen molar-refractivity contribution >= 4 is 11.3 Å². The molecule has 0 amide bonds. The Morgan fingerprint density at radius 3 is 3.05 bits per heavy atom. The lowest BCUT2D eigenvalue weighted by atomic mass is 9.96. The average molecular weight is 286 g/mol. The predicted octanol–water partition coefficient (Wildman–Crippen LogP) is 3.97. The molecule has 2 nitrogen and oxygen atoms in total. The lowest BCUT2D eigenvalue weighted by Crippen LogP contribution is -2.30. The summed E-state index contributed by atoms with van der Waals surface area (Å²) < 4.78 is 0. The normalized spacial score (nSPS) is 19.2. The van der Waals surface area contributed by atoms with Gasteiger partial charge in [0.2, 0.25) is 0 Å². The summed E-state index contributed by atoms with van der Waals surface area (Å²) >= 11 is 1.81. The molecule has 1 aromatic heterocycles. The van der Waals surface area contributed by atoms with Gasteiger partial charge in [0, 0.05) is 17.4 Å². The highest BCUT2D eigenvalue weighted by Crippen LogP contribution is 2.28. The van der Waals surface area contributed by atoms with Crippen molar-refractivity contribution in [1.82, 2.24) is 10.3 Å². The van der Waals surface area contributed by atoms with Gasteiger partial charge in [0.25, 0.3) is 0 Å². The van der Waals surface area contributed by atoms with Gasteiger partial charge in [-0.25, -0.2) is 4.98 Å². The van der Waals surface area contributed by atoms with Crippen LogP contribution >= 0.6 is 11.3 Å². The minimum Gasteiger partial charge on any atom is -0.316 e. The molecule has 1 aliphatic heterocycles. The highest BCUT2D eigenvalue weighted by Gasteiger charge is 2.16. The molecule has 1 aromatic carbocycles. The molecule has 3 heteroatoms. The first kappa shape index (κ1) is 13.8. The largest absolute Gasteiger partial charge is 0.316 e. The van der Waals surface area contributed by atoms with Gasteiger partial charge in [-0.3, -0.25) is 0 Å². The Morgan fingerprint density at radius 2 is 2.25 bits per heavy atom. The third kappa shape index (κ3) is 3.10. The molecule has 0 spiro atoms. The zero-order chi connectivity index (χ0) is 13.9. The van der Waals surface area contributed by atoms with Gasteiger partial charge in [-0.1, -0.05) is 17.7 Å². The third-order valence-corrected chi connectivity index (χ3v) is 4.95. The maximum Gasteiger partial charge on any atom is 0.0935 e. The van der Waals surface area contributed by atoms with Crippen molar-refractivity contribution in [3.8, 4) is 11.3 Å². The minimum absolute atomic E-state index is 0.765. The zero-order valence-electron chi connectivity index (χ0n) is 12.3. The molecule has 0 bridgehead atoms. The average Bonchev–Trinajstić information content (AvgIpc) is 2.91. The number of nitrogens with one attached hydrogen (secondary N) is 1. The monoisotopic (exact) mass is 286 g/mol. The van der Waals surface area contributed by atoms with Crippen LogP contribution < -0.4 is 5.32 Å². The Balaban J connectivity index is 1.77. The summed E-state index contributed by atoms with van der Waals surface area (Å²) in [5.41, 5.74) is 5.05. The van der Waals surface area contributed by atoms with Crippen LogP contribution in [0, 0.1) is 19.8 Å². The van der Waals surface area contributed by atoms with Gasteiger partial charge in [0.05, 0.1) is 10.7 Å².